The highest BCUT2D eigenvalue weighted by atomic mass is 16.2. The van der Waals surface area contributed by atoms with E-state index >= 15 is 0 Å². The Morgan fingerprint density at radius 3 is 1.16 bits per heavy atom. The fourth-order valence-electron chi connectivity index (χ4n) is 5.96. The third-order valence-corrected chi connectivity index (χ3v) is 9.12. The minimum absolute atomic E-state index is 0.160. The average molecular weight is 679 g/mol. The molecule has 0 aliphatic rings. The lowest BCUT2D eigenvalue weighted by Gasteiger charge is -2.16. The number of carbonyl (C=O) groups is 2. The average Bonchev–Trinajstić information content (AvgIpc) is 3.09. The van der Waals surface area contributed by atoms with Crippen molar-refractivity contribution < 1.29 is 9.59 Å². The Bertz CT molecular complexity index is 1020. The molecule has 0 saturated carbocycles. The molecule has 0 aliphatic carbocycles. The molecule has 0 unspecified atom stereocenters. The van der Waals surface area contributed by atoms with E-state index in [9.17, 15) is 9.59 Å². The van der Waals surface area contributed by atoms with Gasteiger partial charge >= 0.3 is 12.1 Å². The molecule has 8 heteroatoms. The van der Waals surface area contributed by atoms with Gasteiger partial charge in [0.2, 0.25) is 0 Å². The van der Waals surface area contributed by atoms with Crippen molar-refractivity contribution in [3.63, 3.8) is 0 Å². The van der Waals surface area contributed by atoms with Crippen LogP contribution >= 0.6 is 0 Å². The van der Waals surface area contributed by atoms with Crippen LogP contribution in [0.25, 0.3) is 0 Å². The van der Waals surface area contributed by atoms with Gasteiger partial charge in [0, 0.05) is 24.5 Å². The Labute approximate surface area is 299 Å². The largest absolute Gasteiger partial charge is 0.338 e. The third kappa shape index (κ3) is 22.3. The Balaban J connectivity index is 1.54. The van der Waals surface area contributed by atoms with Gasteiger partial charge in [-0.25, -0.2) is 9.59 Å². The standard InChI is InChI=1S/C41H70N6O2/c1-5-7-9-11-13-17-31-46(3)33-19-15-29-42-40(48)44-38-25-21-36(22-26-38)35-37-23-27-39(28-24-37)45-41(49)43-30-16-20-34-47(4)32-18-14-12-10-8-6-2/h21-28H,5-20,29-35H2,1-4H3,(H2,42,44,48)(H2,43,45,49). The topological polar surface area (TPSA) is 88.7 Å². The van der Waals surface area contributed by atoms with E-state index in [-0.39, 0.29) is 12.1 Å². The van der Waals surface area contributed by atoms with Gasteiger partial charge in [0.25, 0.3) is 0 Å². The quantitative estimate of drug-likeness (QED) is 0.0675. The molecular formula is C41H70N6O2. The number of amides is 4. The number of rotatable bonds is 28. The molecule has 4 amide bonds. The predicted molar refractivity (Wildman–Crippen MR) is 210 cm³/mol. The van der Waals surface area contributed by atoms with E-state index in [2.05, 4.69) is 59.0 Å². The van der Waals surface area contributed by atoms with Gasteiger partial charge in [-0.3, -0.25) is 0 Å². The van der Waals surface area contributed by atoms with E-state index in [0.717, 1.165) is 80.8 Å². The number of benzene rings is 2. The molecule has 0 heterocycles. The Morgan fingerprint density at radius 1 is 0.469 bits per heavy atom. The number of nitrogens with one attached hydrogen (secondary N) is 4. The van der Waals surface area contributed by atoms with Crippen LogP contribution in [0.15, 0.2) is 48.5 Å². The first-order valence-electron chi connectivity index (χ1n) is 19.5. The molecule has 0 radical (unpaired) electrons. The molecule has 0 bridgehead atoms. The van der Waals surface area contributed by atoms with E-state index in [1.807, 2.05) is 48.5 Å². The summed E-state index contributed by atoms with van der Waals surface area (Å²) in [5.41, 5.74) is 3.88. The highest BCUT2D eigenvalue weighted by Gasteiger charge is 2.06. The van der Waals surface area contributed by atoms with Gasteiger partial charge in [-0.05, 0) is 121 Å². The van der Waals surface area contributed by atoms with Crippen LogP contribution in [0.4, 0.5) is 21.0 Å². The molecule has 8 nitrogen and oxygen atoms in total. The van der Waals surface area contributed by atoms with Crippen molar-refractivity contribution in [3.05, 3.63) is 59.7 Å². The smallest absolute Gasteiger partial charge is 0.319 e. The lowest BCUT2D eigenvalue weighted by Crippen LogP contribution is -2.30. The molecule has 2 rings (SSSR count). The molecule has 4 N–H and O–H groups in total. The number of hydrogen-bond donors (Lipinski definition) is 4. The first-order valence-corrected chi connectivity index (χ1v) is 19.5. The zero-order chi connectivity index (χ0) is 35.4. The van der Waals surface area contributed by atoms with Crippen molar-refractivity contribution in [3.8, 4) is 0 Å². The number of urea groups is 2. The van der Waals surface area contributed by atoms with Crippen LogP contribution in [0.5, 0.6) is 0 Å². The summed E-state index contributed by atoms with van der Waals surface area (Å²) in [7, 11) is 4.40. The normalized spacial score (nSPS) is 11.2. The molecule has 0 aliphatic heterocycles. The molecule has 0 fully saturated rings. The van der Waals surface area contributed by atoms with Crippen molar-refractivity contribution in [1.29, 1.82) is 0 Å². The molecule has 2 aromatic rings. The van der Waals surface area contributed by atoms with Crippen LogP contribution < -0.4 is 21.3 Å². The zero-order valence-corrected chi connectivity index (χ0v) is 31.6. The van der Waals surface area contributed by atoms with Gasteiger partial charge < -0.3 is 31.1 Å². The molecule has 0 saturated heterocycles. The fourth-order valence-corrected chi connectivity index (χ4v) is 5.96. The second-order valence-electron chi connectivity index (χ2n) is 13.9. The Morgan fingerprint density at radius 2 is 0.796 bits per heavy atom. The van der Waals surface area contributed by atoms with Crippen molar-refractivity contribution in [2.24, 2.45) is 0 Å². The van der Waals surface area contributed by atoms with Crippen molar-refractivity contribution in [2.45, 2.75) is 123 Å². The Kier molecular flexibility index (Phi) is 23.8. The first-order chi connectivity index (χ1) is 23.9. The van der Waals surface area contributed by atoms with Crippen LogP contribution in [0, 0.1) is 0 Å². The number of nitrogens with zero attached hydrogens (tertiary/aromatic N) is 2. The third-order valence-electron chi connectivity index (χ3n) is 9.12. The fraction of sp³-hybridized carbons (Fsp3) is 0.659. The maximum atomic E-state index is 12.3. The SMILES string of the molecule is CCCCCCCCN(C)CCCCNC(=O)Nc1ccc(Cc2ccc(NC(=O)NCCCCN(C)CCCCCCCC)cc2)cc1. The monoisotopic (exact) mass is 679 g/mol. The highest BCUT2D eigenvalue weighted by Crippen LogP contribution is 2.16. The molecule has 49 heavy (non-hydrogen) atoms. The van der Waals surface area contributed by atoms with Crippen LogP contribution in [0.1, 0.15) is 128 Å². The molecule has 0 spiro atoms. The molecule has 0 atom stereocenters. The Hall–Kier alpha value is -3.10. The molecule has 276 valence electrons. The maximum Gasteiger partial charge on any atom is 0.319 e. The summed E-state index contributed by atoms with van der Waals surface area (Å²) in [4.78, 5) is 29.5. The van der Waals surface area contributed by atoms with Crippen LogP contribution in [-0.4, -0.2) is 75.2 Å². The summed E-state index contributed by atoms with van der Waals surface area (Å²) in [5.74, 6) is 0. The van der Waals surface area contributed by atoms with E-state index in [1.165, 1.54) is 77.0 Å². The summed E-state index contributed by atoms with van der Waals surface area (Å²) in [6.45, 7) is 10.4. The molecule has 2 aromatic carbocycles. The van der Waals surface area contributed by atoms with Gasteiger partial charge in [0.15, 0.2) is 0 Å². The van der Waals surface area contributed by atoms with Crippen LogP contribution in [0.3, 0.4) is 0 Å². The number of hydrogen-bond acceptors (Lipinski definition) is 4. The van der Waals surface area contributed by atoms with Gasteiger partial charge in [-0.1, -0.05) is 102 Å². The van der Waals surface area contributed by atoms with Crippen molar-refractivity contribution >= 4 is 23.4 Å². The van der Waals surface area contributed by atoms with Crippen molar-refractivity contribution in [1.82, 2.24) is 20.4 Å². The zero-order valence-electron chi connectivity index (χ0n) is 31.6. The lowest BCUT2D eigenvalue weighted by atomic mass is 10.0. The molecule has 0 aromatic heterocycles. The van der Waals surface area contributed by atoms with Gasteiger partial charge in [-0.2, -0.15) is 0 Å². The van der Waals surface area contributed by atoms with Crippen LogP contribution in [-0.2, 0) is 6.42 Å². The van der Waals surface area contributed by atoms with Crippen LogP contribution in [0.2, 0.25) is 0 Å². The summed E-state index contributed by atoms with van der Waals surface area (Å²) in [6, 6.07) is 15.6. The number of carbonyl (C=O) groups excluding carboxylic acids is 2. The lowest BCUT2D eigenvalue weighted by molar-refractivity contribution is 0.250. The highest BCUT2D eigenvalue weighted by molar-refractivity contribution is 5.89. The van der Waals surface area contributed by atoms with E-state index in [0.29, 0.717) is 13.1 Å². The van der Waals surface area contributed by atoms with Gasteiger partial charge in [-0.15, -0.1) is 0 Å². The maximum absolute atomic E-state index is 12.3. The van der Waals surface area contributed by atoms with Gasteiger partial charge in [0.05, 0.1) is 0 Å². The second kappa shape index (κ2) is 27.7. The van der Waals surface area contributed by atoms with Gasteiger partial charge in [0.1, 0.15) is 0 Å². The molecular weight excluding hydrogens is 608 g/mol. The summed E-state index contributed by atoms with van der Waals surface area (Å²) >= 11 is 0. The minimum Gasteiger partial charge on any atom is -0.338 e. The summed E-state index contributed by atoms with van der Waals surface area (Å²) in [5, 5.41) is 11.8. The summed E-state index contributed by atoms with van der Waals surface area (Å²) in [6.07, 6.45) is 20.9. The summed E-state index contributed by atoms with van der Waals surface area (Å²) < 4.78 is 0. The van der Waals surface area contributed by atoms with Crippen molar-refractivity contribution in [2.75, 3.05) is 64.0 Å². The number of unbranched alkanes of at least 4 members (excludes halogenated alkanes) is 12. The second-order valence-corrected chi connectivity index (χ2v) is 13.9. The predicted octanol–water partition coefficient (Wildman–Crippen LogP) is 9.67. The number of anilines is 2. The minimum atomic E-state index is -0.160. The van der Waals surface area contributed by atoms with E-state index in [4.69, 9.17) is 0 Å². The first kappa shape index (κ1) is 42.1. The van der Waals surface area contributed by atoms with E-state index < -0.39 is 0 Å². The van der Waals surface area contributed by atoms with E-state index in [1.54, 1.807) is 0 Å².